The second-order valence-corrected chi connectivity index (χ2v) is 7.49. The summed E-state index contributed by atoms with van der Waals surface area (Å²) in [6.07, 6.45) is 4.15. The molecule has 0 saturated carbocycles. The van der Waals surface area contributed by atoms with Gasteiger partial charge in [0.25, 0.3) is 0 Å². The van der Waals surface area contributed by atoms with Crippen LogP contribution >= 0.6 is 0 Å². The van der Waals surface area contributed by atoms with Gasteiger partial charge >= 0.3 is 0 Å². The lowest BCUT2D eigenvalue weighted by Gasteiger charge is -2.15. The van der Waals surface area contributed by atoms with E-state index in [0.29, 0.717) is 37.1 Å². The maximum absolute atomic E-state index is 6.26. The van der Waals surface area contributed by atoms with Gasteiger partial charge in [0.2, 0.25) is 0 Å². The number of anilines is 3. The maximum atomic E-state index is 6.26. The third-order valence-electron chi connectivity index (χ3n) is 5.18. The van der Waals surface area contributed by atoms with Gasteiger partial charge in [0, 0.05) is 29.8 Å². The molecule has 1 saturated heterocycles. The Balaban J connectivity index is 1.30. The first-order valence-electron chi connectivity index (χ1n) is 10.4. The first-order valence-corrected chi connectivity index (χ1v) is 10.4. The summed E-state index contributed by atoms with van der Waals surface area (Å²) in [6, 6.07) is 17.1. The molecule has 5 rings (SSSR count). The molecule has 1 fully saturated rings. The Labute approximate surface area is 185 Å². The molecule has 0 unspecified atom stereocenters. The molecule has 3 heterocycles. The van der Waals surface area contributed by atoms with E-state index in [0.717, 1.165) is 34.5 Å². The molecule has 0 radical (unpaired) electrons. The van der Waals surface area contributed by atoms with E-state index < -0.39 is 0 Å². The molecular weight excluding hydrogens is 406 g/mol. The van der Waals surface area contributed by atoms with Crippen LogP contribution in [0.4, 0.5) is 17.2 Å². The van der Waals surface area contributed by atoms with Gasteiger partial charge in [0.15, 0.2) is 0 Å². The smallest absolute Gasteiger partial charge is 0.144 e. The van der Waals surface area contributed by atoms with Gasteiger partial charge in [-0.25, -0.2) is 9.97 Å². The Morgan fingerprint density at radius 2 is 1.97 bits per heavy atom. The number of hydrogen-bond acceptors (Lipinski definition) is 8. The molecule has 32 heavy (non-hydrogen) atoms. The van der Waals surface area contributed by atoms with E-state index in [1.165, 1.54) is 6.33 Å². The van der Waals surface area contributed by atoms with E-state index in [1.807, 2.05) is 54.6 Å². The number of aromatic nitrogens is 3. The van der Waals surface area contributed by atoms with Crippen LogP contribution in [-0.4, -0.2) is 34.3 Å². The van der Waals surface area contributed by atoms with Gasteiger partial charge in [-0.1, -0.05) is 6.07 Å². The monoisotopic (exact) mass is 429 g/mol. The molecule has 3 N–H and O–H groups in total. The molecule has 1 atom stereocenters. The third kappa shape index (κ3) is 4.55. The predicted molar refractivity (Wildman–Crippen MR) is 122 cm³/mol. The minimum atomic E-state index is 0.0209. The Hall–Kier alpha value is -3.91. The second-order valence-electron chi connectivity index (χ2n) is 7.49. The number of nitrogen functional groups attached to an aromatic ring is 1. The molecule has 4 aromatic rings. The van der Waals surface area contributed by atoms with Crippen LogP contribution in [0.15, 0.2) is 67.1 Å². The van der Waals surface area contributed by atoms with Crippen LogP contribution < -0.4 is 20.5 Å². The van der Waals surface area contributed by atoms with Crippen LogP contribution in [0.3, 0.4) is 0 Å². The van der Waals surface area contributed by atoms with E-state index in [2.05, 4.69) is 20.3 Å². The number of pyridine rings is 1. The van der Waals surface area contributed by atoms with Crippen LogP contribution in [0.2, 0.25) is 0 Å². The van der Waals surface area contributed by atoms with Crippen molar-refractivity contribution in [2.75, 3.05) is 24.3 Å². The van der Waals surface area contributed by atoms with E-state index in [9.17, 15) is 0 Å². The van der Waals surface area contributed by atoms with E-state index in [4.69, 9.17) is 19.9 Å². The lowest BCUT2D eigenvalue weighted by molar-refractivity contribution is 0.142. The van der Waals surface area contributed by atoms with Crippen molar-refractivity contribution in [2.45, 2.75) is 19.1 Å². The average Bonchev–Trinajstić information content (AvgIpc) is 3.34. The molecule has 0 bridgehead atoms. The number of fused-ring (bicyclic) bond motifs is 1. The highest BCUT2D eigenvalue weighted by molar-refractivity contribution is 5.94. The van der Waals surface area contributed by atoms with Gasteiger partial charge < -0.3 is 25.3 Å². The molecular formula is C24H23N5O3. The van der Waals surface area contributed by atoms with E-state index in [1.54, 1.807) is 6.20 Å². The van der Waals surface area contributed by atoms with Crippen LogP contribution in [0, 0.1) is 0 Å². The standard InChI is InChI=1S/C24H23N5O3/c25-21-11-20-22(12-23(21)32-19-8-10-30-14-19)27-15-28-24(20)29-16-4-6-18(7-5-16)31-13-17-3-1-2-9-26-17/h1-7,9,11-12,15,19H,8,10,13-14,25H2,(H,27,28,29)/t19-/m1/s1. The van der Waals surface area contributed by atoms with Gasteiger partial charge in [-0.2, -0.15) is 0 Å². The molecule has 2 aromatic carbocycles. The zero-order valence-corrected chi connectivity index (χ0v) is 17.4. The Morgan fingerprint density at radius 1 is 1.06 bits per heavy atom. The molecule has 2 aromatic heterocycles. The number of rotatable bonds is 7. The van der Waals surface area contributed by atoms with Crippen LogP contribution in [0.1, 0.15) is 12.1 Å². The van der Waals surface area contributed by atoms with Crippen molar-refractivity contribution in [1.29, 1.82) is 0 Å². The fourth-order valence-electron chi connectivity index (χ4n) is 3.50. The summed E-state index contributed by atoms with van der Waals surface area (Å²) in [6.45, 7) is 1.71. The van der Waals surface area contributed by atoms with Crippen molar-refractivity contribution < 1.29 is 14.2 Å². The minimum absolute atomic E-state index is 0.0209. The highest BCUT2D eigenvalue weighted by Gasteiger charge is 2.19. The number of nitrogens with zero attached hydrogens (tertiary/aromatic N) is 3. The molecule has 1 aliphatic heterocycles. The number of nitrogens with two attached hydrogens (primary N) is 1. The Morgan fingerprint density at radius 3 is 2.75 bits per heavy atom. The van der Waals surface area contributed by atoms with Crippen LogP contribution in [0.5, 0.6) is 11.5 Å². The van der Waals surface area contributed by atoms with Gasteiger partial charge in [-0.3, -0.25) is 4.98 Å². The summed E-state index contributed by atoms with van der Waals surface area (Å²) in [5.74, 6) is 2.04. The zero-order chi connectivity index (χ0) is 21.8. The van der Waals surface area contributed by atoms with Gasteiger partial charge in [-0.15, -0.1) is 0 Å². The summed E-state index contributed by atoms with van der Waals surface area (Å²) >= 11 is 0. The van der Waals surface area contributed by atoms with Crippen LogP contribution in [0.25, 0.3) is 10.9 Å². The van der Waals surface area contributed by atoms with Gasteiger partial charge in [0.1, 0.15) is 36.4 Å². The van der Waals surface area contributed by atoms with Crippen LogP contribution in [-0.2, 0) is 11.3 Å². The number of nitrogens with one attached hydrogen (secondary N) is 1. The quantitative estimate of drug-likeness (QED) is 0.423. The molecule has 0 spiro atoms. The first-order chi connectivity index (χ1) is 15.7. The van der Waals surface area contributed by atoms with E-state index in [-0.39, 0.29) is 6.10 Å². The van der Waals surface area contributed by atoms with Crippen molar-refractivity contribution in [3.05, 3.63) is 72.8 Å². The fourth-order valence-corrected chi connectivity index (χ4v) is 3.50. The molecule has 0 aliphatic carbocycles. The third-order valence-corrected chi connectivity index (χ3v) is 5.18. The van der Waals surface area contributed by atoms with Crippen molar-refractivity contribution in [3.63, 3.8) is 0 Å². The SMILES string of the molecule is Nc1cc2c(Nc3ccc(OCc4ccccn4)cc3)ncnc2cc1O[C@@H]1CCOC1. The number of benzene rings is 2. The maximum Gasteiger partial charge on any atom is 0.144 e. The summed E-state index contributed by atoms with van der Waals surface area (Å²) in [5, 5.41) is 4.15. The van der Waals surface area contributed by atoms with Gasteiger partial charge in [-0.05, 0) is 42.5 Å². The van der Waals surface area contributed by atoms with E-state index >= 15 is 0 Å². The highest BCUT2D eigenvalue weighted by atomic mass is 16.5. The molecule has 162 valence electrons. The normalized spacial score (nSPS) is 15.6. The second kappa shape index (κ2) is 9.07. The molecule has 8 nitrogen and oxygen atoms in total. The zero-order valence-electron chi connectivity index (χ0n) is 17.4. The minimum Gasteiger partial charge on any atom is -0.487 e. The number of ether oxygens (including phenoxy) is 3. The van der Waals surface area contributed by atoms with Gasteiger partial charge in [0.05, 0.1) is 30.1 Å². The average molecular weight is 429 g/mol. The molecule has 1 aliphatic rings. The highest BCUT2D eigenvalue weighted by Crippen LogP contribution is 2.32. The molecule has 0 amide bonds. The summed E-state index contributed by atoms with van der Waals surface area (Å²) in [7, 11) is 0. The topological polar surface area (TPSA) is 104 Å². The largest absolute Gasteiger partial charge is 0.487 e. The lowest BCUT2D eigenvalue weighted by Crippen LogP contribution is -2.16. The summed E-state index contributed by atoms with van der Waals surface area (Å²) in [5.41, 5.74) is 9.30. The number of hydrogen-bond donors (Lipinski definition) is 2. The lowest BCUT2D eigenvalue weighted by atomic mass is 10.2. The van der Waals surface area contributed by atoms with Crippen molar-refractivity contribution in [1.82, 2.24) is 15.0 Å². The Bertz CT molecular complexity index is 1200. The van der Waals surface area contributed by atoms with Crippen molar-refractivity contribution in [2.24, 2.45) is 0 Å². The van der Waals surface area contributed by atoms with Crippen molar-refractivity contribution >= 4 is 28.1 Å². The first kappa shape index (κ1) is 20.0. The summed E-state index contributed by atoms with van der Waals surface area (Å²) < 4.78 is 17.2. The Kier molecular flexibility index (Phi) is 5.67. The van der Waals surface area contributed by atoms with Crippen molar-refractivity contribution in [3.8, 4) is 11.5 Å². The molecule has 8 heteroatoms. The summed E-state index contributed by atoms with van der Waals surface area (Å²) in [4.78, 5) is 13.0. The predicted octanol–water partition coefficient (Wildman–Crippen LogP) is 4.10. The fraction of sp³-hybridized carbons (Fsp3) is 0.208.